The second kappa shape index (κ2) is 15.9. The third-order valence-electron chi connectivity index (χ3n) is 5.51. The summed E-state index contributed by atoms with van der Waals surface area (Å²) in [6.45, 7) is 9.52. The molecule has 0 fully saturated rings. The number of ether oxygens (including phenoxy) is 1. The van der Waals surface area contributed by atoms with Gasteiger partial charge in [0, 0.05) is 50.7 Å². The Morgan fingerprint density at radius 3 is 2.16 bits per heavy atom. The predicted octanol–water partition coefficient (Wildman–Crippen LogP) is 7.31. The number of nitriles is 1. The van der Waals surface area contributed by atoms with Crippen molar-refractivity contribution in [2.75, 3.05) is 49.7 Å². The van der Waals surface area contributed by atoms with Crippen LogP contribution in [0, 0.1) is 21.4 Å². The Morgan fingerprint density at radius 1 is 1.03 bits per heavy atom. The molecule has 0 saturated carbocycles. The highest BCUT2D eigenvalue weighted by Crippen LogP contribution is 2.38. The van der Waals surface area contributed by atoms with Gasteiger partial charge in [-0.15, -0.1) is 0 Å². The lowest BCUT2D eigenvalue weighted by molar-refractivity contribution is -0.388. The Balaban J connectivity index is 0.000000384. The van der Waals surface area contributed by atoms with Crippen LogP contribution in [-0.2, 0) is 10.9 Å². The van der Waals surface area contributed by atoms with Crippen molar-refractivity contribution >= 4 is 28.7 Å². The molecule has 7 nitrogen and oxygen atoms in total. The van der Waals surface area contributed by atoms with Crippen molar-refractivity contribution in [1.82, 2.24) is 0 Å². The molecular weight excluding hydrogens is 509 g/mol. The zero-order chi connectivity index (χ0) is 28.0. The summed E-state index contributed by atoms with van der Waals surface area (Å²) in [5.74, 6) is 0. The van der Waals surface area contributed by atoms with Gasteiger partial charge < -0.3 is 14.5 Å². The van der Waals surface area contributed by atoms with E-state index in [1.54, 1.807) is 11.0 Å². The standard InChI is InChI=1S/C13H17ClN2.C13H17F3N2O3/c1-3-5-8-16(4-2)12-7-6-11(10-15)13(14)9-12;1-3-6-17(7-8-21-2)10-4-5-12(18(19)20)11(9-10)13(14,15)16/h6-7,9H,3-5,8H2,1-2H3;4-5,9H,3,6-8H2,1-2H3. The maximum absolute atomic E-state index is 12.9. The van der Waals surface area contributed by atoms with Crippen molar-refractivity contribution in [2.24, 2.45) is 0 Å². The molecule has 0 atom stereocenters. The lowest BCUT2D eigenvalue weighted by atomic mass is 10.1. The van der Waals surface area contributed by atoms with Gasteiger partial charge in [0.2, 0.25) is 0 Å². The molecule has 0 N–H and O–H groups in total. The quantitative estimate of drug-likeness (QED) is 0.206. The smallest absolute Gasteiger partial charge is 0.383 e. The average Bonchev–Trinajstić information content (AvgIpc) is 2.86. The highest BCUT2D eigenvalue weighted by molar-refractivity contribution is 6.32. The van der Waals surface area contributed by atoms with Crippen LogP contribution in [0.5, 0.6) is 0 Å². The monoisotopic (exact) mass is 542 g/mol. The molecule has 0 amide bonds. The molecule has 0 radical (unpaired) electrons. The van der Waals surface area contributed by atoms with Gasteiger partial charge >= 0.3 is 6.18 Å². The minimum atomic E-state index is -4.77. The van der Waals surface area contributed by atoms with Gasteiger partial charge in [-0.2, -0.15) is 18.4 Å². The van der Waals surface area contributed by atoms with Gasteiger partial charge in [-0.25, -0.2) is 0 Å². The number of unbranched alkanes of at least 4 members (excludes halogenated alkanes) is 1. The van der Waals surface area contributed by atoms with Gasteiger partial charge in [-0.05, 0) is 50.1 Å². The molecule has 2 aromatic carbocycles. The molecule has 0 spiro atoms. The summed E-state index contributed by atoms with van der Waals surface area (Å²) in [7, 11) is 1.50. The van der Waals surface area contributed by atoms with Crippen LogP contribution in [-0.4, -0.2) is 44.8 Å². The van der Waals surface area contributed by atoms with E-state index < -0.39 is 22.4 Å². The van der Waals surface area contributed by atoms with E-state index in [1.165, 1.54) is 26.0 Å². The van der Waals surface area contributed by atoms with Crippen molar-refractivity contribution in [3.63, 3.8) is 0 Å². The van der Waals surface area contributed by atoms with Crippen molar-refractivity contribution in [3.05, 3.63) is 62.7 Å². The van der Waals surface area contributed by atoms with Crippen LogP contribution in [0.25, 0.3) is 0 Å². The summed E-state index contributed by atoms with van der Waals surface area (Å²) < 4.78 is 43.8. The highest BCUT2D eigenvalue weighted by atomic mass is 35.5. The van der Waals surface area contributed by atoms with Gasteiger partial charge in [0.1, 0.15) is 11.6 Å². The number of methoxy groups -OCH3 is 1. The summed E-state index contributed by atoms with van der Waals surface area (Å²) in [6.07, 6.45) is -1.68. The summed E-state index contributed by atoms with van der Waals surface area (Å²) >= 11 is 6.02. The van der Waals surface area contributed by atoms with Gasteiger partial charge in [0.15, 0.2) is 0 Å². The van der Waals surface area contributed by atoms with E-state index in [2.05, 4.69) is 24.8 Å². The number of nitro groups is 1. The van der Waals surface area contributed by atoms with Gasteiger partial charge in [-0.1, -0.05) is 31.9 Å². The molecule has 0 unspecified atom stereocenters. The number of alkyl halides is 3. The summed E-state index contributed by atoms with van der Waals surface area (Å²) in [5.41, 5.74) is -0.235. The Kier molecular flexibility index (Phi) is 13.8. The zero-order valence-electron chi connectivity index (χ0n) is 21.6. The third kappa shape index (κ3) is 10.1. The number of anilines is 2. The first-order valence-electron chi connectivity index (χ1n) is 12.1. The number of rotatable bonds is 12. The minimum Gasteiger partial charge on any atom is -0.383 e. The van der Waals surface area contributed by atoms with Crippen molar-refractivity contribution in [1.29, 1.82) is 5.26 Å². The Hall–Kier alpha value is -3.03. The van der Waals surface area contributed by atoms with Gasteiger partial charge in [-0.3, -0.25) is 10.1 Å². The second-order valence-corrected chi connectivity index (χ2v) is 8.55. The predicted molar refractivity (Wildman–Crippen MR) is 141 cm³/mol. The van der Waals surface area contributed by atoms with E-state index in [4.69, 9.17) is 21.6 Å². The topological polar surface area (TPSA) is 82.6 Å². The SMILES string of the molecule is CCCCN(CC)c1ccc(C#N)c(Cl)c1.CCCN(CCOC)c1ccc([N+](=O)[O-])c(C(F)(F)F)c1. The fourth-order valence-corrected chi connectivity index (χ4v) is 3.78. The van der Waals surface area contributed by atoms with Crippen LogP contribution in [0.2, 0.25) is 5.02 Å². The van der Waals surface area contributed by atoms with Crippen LogP contribution < -0.4 is 9.80 Å². The summed E-state index contributed by atoms with van der Waals surface area (Å²) in [4.78, 5) is 13.7. The molecule has 2 aromatic rings. The number of halogens is 4. The average molecular weight is 543 g/mol. The van der Waals surface area contributed by atoms with Crippen LogP contribution in [0.1, 0.15) is 51.2 Å². The molecule has 0 aliphatic heterocycles. The molecule has 204 valence electrons. The maximum atomic E-state index is 12.9. The van der Waals surface area contributed by atoms with Crippen LogP contribution in [0.3, 0.4) is 0 Å². The highest BCUT2D eigenvalue weighted by Gasteiger charge is 2.38. The van der Waals surface area contributed by atoms with Crippen molar-refractivity contribution in [3.8, 4) is 6.07 Å². The minimum absolute atomic E-state index is 0.298. The molecule has 37 heavy (non-hydrogen) atoms. The van der Waals surface area contributed by atoms with E-state index >= 15 is 0 Å². The number of hydrogen-bond acceptors (Lipinski definition) is 6. The molecule has 0 heterocycles. The van der Waals surface area contributed by atoms with Crippen LogP contribution in [0.4, 0.5) is 30.2 Å². The van der Waals surface area contributed by atoms with E-state index in [-0.39, 0.29) is 0 Å². The molecule has 0 bridgehead atoms. The first kappa shape index (κ1) is 32.0. The molecular formula is C26H34ClF3N4O3. The van der Waals surface area contributed by atoms with Crippen LogP contribution >= 0.6 is 11.6 Å². The molecule has 0 aliphatic rings. The zero-order valence-corrected chi connectivity index (χ0v) is 22.4. The lowest BCUT2D eigenvalue weighted by Crippen LogP contribution is -2.28. The first-order chi connectivity index (χ1) is 17.5. The number of nitro benzene ring substituents is 1. The normalized spacial score (nSPS) is 10.8. The first-order valence-corrected chi connectivity index (χ1v) is 12.5. The second-order valence-electron chi connectivity index (χ2n) is 8.15. The summed E-state index contributed by atoms with van der Waals surface area (Å²) in [6, 6.07) is 10.7. The number of benzene rings is 2. The number of nitrogens with zero attached hydrogens (tertiary/aromatic N) is 4. The van der Waals surface area contributed by atoms with E-state index in [9.17, 15) is 23.3 Å². The Morgan fingerprint density at radius 2 is 1.68 bits per heavy atom. The van der Waals surface area contributed by atoms with E-state index in [0.29, 0.717) is 36.0 Å². The molecule has 0 aromatic heterocycles. The molecule has 11 heteroatoms. The Bertz CT molecular complexity index is 1040. The van der Waals surface area contributed by atoms with E-state index in [1.807, 2.05) is 19.1 Å². The largest absolute Gasteiger partial charge is 0.423 e. The van der Waals surface area contributed by atoms with E-state index in [0.717, 1.165) is 37.3 Å². The fourth-order valence-electron chi connectivity index (χ4n) is 3.56. The van der Waals surface area contributed by atoms with Crippen molar-refractivity contribution < 1.29 is 22.8 Å². The molecule has 0 saturated heterocycles. The van der Waals surface area contributed by atoms with Gasteiger partial charge in [0.25, 0.3) is 5.69 Å². The maximum Gasteiger partial charge on any atom is 0.423 e. The molecule has 2 rings (SSSR count). The Labute approximate surface area is 221 Å². The molecule has 0 aliphatic carbocycles. The van der Waals surface area contributed by atoms with Crippen LogP contribution in [0.15, 0.2) is 36.4 Å². The third-order valence-corrected chi connectivity index (χ3v) is 5.82. The van der Waals surface area contributed by atoms with Crippen molar-refractivity contribution in [2.45, 2.75) is 46.2 Å². The summed E-state index contributed by atoms with van der Waals surface area (Å²) in [5, 5.41) is 20.1. The van der Waals surface area contributed by atoms with Gasteiger partial charge in [0.05, 0.1) is 22.1 Å². The number of hydrogen-bond donors (Lipinski definition) is 0. The fraction of sp³-hybridized carbons (Fsp3) is 0.500. The lowest BCUT2D eigenvalue weighted by Gasteiger charge is -2.24.